The minimum atomic E-state index is -0.327. The number of ether oxygens (including phenoxy) is 1. The van der Waals surface area contributed by atoms with E-state index in [-0.39, 0.29) is 11.7 Å². The summed E-state index contributed by atoms with van der Waals surface area (Å²) in [6.07, 6.45) is 1.18. The Kier molecular flexibility index (Phi) is 4.53. The van der Waals surface area contributed by atoms with E-state index in [1.165, 1.54) is 13.0 Å². The average molecular weight is 274 g/mol. The number of nitrogens with zero attached hydrogens (tertiary/aromatic N) is 1. The molecule has 20 heavy (non-hydrogen) atoms. The third-order valence-corrected chi connectivity index (χ3v) is 3.20. The molecule has 1 aromatic carbocycles. The molecule has 0 aromatic heterocycles. The Labute approximate surface area is 118 Å². The highest BCUT2D eigenvalue weighted by molar-refractivity contribution is 6.06. The van der Waals surface area contributed by atoms with Crippen molar-refractivity contribution in [2.45, 2.75) is 6.92 Å². The maximum Gasteiger partial charge on any atom is 0.247 e. The first-order chi connectivity index (χ1) is 9.61. The molecule has 0 radical (unpaired) electrons. The molecule has 0 atom stereocenters. The quantitative estimate of drug-likeness (QED) is 0.672. The minimum Gasteiger partial charge on any atom is -0.378 e. The highest BCUT2D eigenvalue weighted by Gasteiger charge is 2.15. The number of Topliss-reactive ketones (excluding diaryl/α,β-unsaturated/α-hetero) is 1. The van der Waals surface area contributed by atoms with E-state index < -0.39 is 0 Å². The van der Waals surface area contributed by atoms with Crippen molar-refractivity contribution in [3.05, 3.63) is 36.4 Å². The lowest BCUT2D eigenvalue weighted by Crippen LogP contribution is -2.36. The van der Waals surface area contributed by atoms with Crippen LogP contribution in [-0.4, -0.2) is 38.0 Å². The second kappa shape index (κ2) is 6.34. The minimum absolute atomic E-state index is 0.0838. The average Bonchev–Trinajstić information content (AvgIpc) is 2.48. The second-order valence-electron chi connectivity index (χ2n) is 4.58. The van der Waals surface area contributed by atoms with Crippen LogP contribution in [-0.2, 0) is 9.53 Å². The van der Waals surface area contributed by atoms with Crippen molar-refractivity contribution in [3.63, 3.8) is 0 Å². The van der Waals surface area contributed by atoms with Crippen LogP contribution in [0.4, 0.5) is 11.4 Å². The van der Waals surface area contributed by atoms with Crippen LogP contribution in [0.3, 0.4) is 0 Å². The monoisotopic (exact) mass is 274 g/mol. The number of anilines is 2. The summed E-state index contributed by atoms with van der Waals surface area (Å²) in [6, 6.07) is 5.46. The first kappa shape index (κ1) is 14.3. The Morgan fingerprint density at radius 1 is 1.35 bits per heavy atom. The van der Waals surface area contributed by atoms with Crippen LogP contribution in [0.25, 0.3) is 0 Å². The molecule has 0 aliphatic carbocycles. The van der Waals surface area contributed by atoms with Gasteiger partial charge >= 0.3 is 0 Å². The standard InChI is InChI=1S/C15H18N2O3/c1-3-15(19)16-14-5-4-12(10-13(14)11(2)18)17-6-8-20-9-7-17/h3-5,10H,1,6-9H2,2H3,(H,16,19). The third kappa shape index (κ3) is 3.24. The predicted octanol–water partition coefficient (Wildman–Crippen LogP) is 1.85. The van der Waals surface area contributed by atoms with Gasteiger partial charge in [-0.05, 0) is 31.2 Å². The van der Waals surface area contributed by atoms with E-state index in [9.17, 15) is 9.59 Å². The molecule has 1 saturated heterocycles. The summed E-state index contributed by atoms with van der Waals surface area (Å²) in [4.78, 5) is 25.3. The number of ketones is 1. The van der Waals surface area contributed by atoms with Gasteiger partial charge in [-0.2, -0.15) is 0 Å². The second-order valence-corrected chi connectivity index (χ2v) is 4.58. The van der Waals surface area contributed by atoms with Gasteiger partial charge in [0.2, 0.25) is 5.91 Å². The lowest BCUT2D eigenvalue weighted by atomic mass is 10.1. The fourth-order valence-corrected chi connectivity index (χ4v) is 2.13. The lowest BCUT2D eigenvalue weighted by molar-refractivity contribution is -0.111. The topological polar surface area (TPSA) is 58.6 Å². The highest BCUT2D eigenvalue weighted by atomic mass is 16.5. The van der Waals surface area contributed by atoms with E-state index in [2.05, 4.69) is 16.8 Å². The highest BCUT2D eigenvalue weighted by Crippen LogP contribution is 2.24. The van der Waals surface area contributed by atoms with Crippen molar-refractivity contribution in [3.8, 4) is 0 Å². The van der Waals surface area contributed by atoms with Crippen LogP contribution in [0.1, 0.15) is 17.3 Å². The van der Waals surface area contributed by atoms with Crippen LogP contribution in [0.15, 0.2) is 30.9 Å². The molecule has 2 rings (SSSR count). The van der Waals surface area contributed by atoms with Crippen molar-refractivity contribution in [2.24, 2.45) is 0 Å². The molecule has 0 unspecified atom stereocenters. The van der Waals surface area contributed by atoms with E-state index in [1.54, 1.807) is 6.07 Å². The molecular weight excluding hydrogens is 256 g/mol. The molecule has 5 heteroatoms. The molecule has 1 heterocycles. The molecule has 1 amide bonds. The number of benzene rings is 1. The molecule has 0 saturated carbocycles. The van der Waals surface area contributed by atoms with E-state index in [0.717, 1.165) is 18.8 Å². The van der Waals surface area contributed by atoms with Crippen LogP contribution in [0.2, 0.25) is 0 Å². The van der Waals surface area contributed by atoms with Crippen LogP contribution < -0.4 is 10.2 Å². The molecule has 1 aliphatic rings. The Bertz CT molecular complexity index is 534. The van der Waals surface area contributed by atoms with Gasteiger partial charge < -0.3 is 15.0 Å². The molecule has 1 N–H and O–H groups in total. The number of morpholine rings is 1. The van der Waals surface area contributed by atoms with Crippen molar-refractivity contribution < 1.29 is 14.3 Å². The summed E-state index contributed by atoms with van der Waals surface area (Å²) in [5.41, 5.74) is 1.98. The number of hydrogen-bond acceptors (Lipinski definition) is 4. The largest absolute Gasteiger partial charge is 0.378 e. The number of carbonyl (C=O) groups excluding carboxylic acids is 2. The SMILES string of the molecule is C=CC(=O)Nc1ccc(N2CCOCC2)cc1C(C)=O. The summed E-state index contributed by atoms with van der Waals surface area (Å²) < 4.78 is 5.31. The van der Waals surface area contributed by atoms with E-state index in [1.807, 2.05) is 12.1 Å². The van der Waals surface area contributed by atoms with Crippen molar-refractivity contribution in [2.75, 3.05) is 36.5 Å². The summed E-state index contributed by atoms with van der Waals surface area (Å²) in [5.74, 6) is -0.411. The van der Waals surface area contributed by atoms with Gasteiger partial charge in [-0.1, -0.05) is 6.58 Å². The van der Waals surface area contributed by atoms with Gasteiger partial charge in [0.15, 0.2) is 5.78 Å². The normalized spacial score (nSPS) is 14.8. The fraction of sp³-hybridized carbons (Fsp3) is 0.333. The molecular formula is C15H18N2O3. The Morgan fingerprint density at radius 3 is 2.65 bits per heavy atom. The Balaban J connectivity index is 2.29. The molecule has 5 nitrogen and oxygen atoms in total. The zero-order valence-corrected chi connectivity index (χ0v) is 11.5. The van der Waals surface area contributed by atoms with Gasteiger partial charge in [0.05, 0.1) is 18.9 Å². The van der Waals surface area contributed by atoms with Crippen molar-refractivity contribution in [1.29, 1.82) is 0 Å². The van der Waals surface area contributed by atoms with E-state index >= 15 is 0 Å². The lowest BCUT2D eigenvalue weighted by Gasteiger charge is -2.29. The smallest absolute Gasteiger partial charge is 0.247 e. The number of rotatable bonds is 4. The van der Waals surface area contributed by atoms with E-state index in [0.29, 0.717) is 24.5 Å². The van der Waals surface area contributed by atoms with Crippen LogP contribution in [0.5, 0.6) is 0 Å². The molecule has 1 fully saturated rings. The number of amides is 1. The molecule has 0 spiro atoms. The summed E-state index contributed by atoms with van der Waals surface area (Å²) in [7, 11) is 0. The first-order valence-corrected chi connectivity index (χ1v) is 6.53. The molecule has 1 aromatic rings. The predicted molar refractivity (Wildman–Crippen MR) is 78.3 cm³/mol. The van der Waals surface area contributed by atoms with Gasteiger partial charge in [-0.25, -0.2) is 0 Å². The number of nitrogens with one attached hydrogen (secondary N) is 1. The summed E-state index contributed by atoms with van der Waals surface area (Å²) in [6.45, 7) is 7.86. The fourth-order valence-electron chi connectivity index (χ4n) is 2.13. The van der Waals surface area contributed by atoms with Gasteiger partial charge in [-0.15, -0.1) is 0 Å². The van der Waals surface area contributed by atoms with Gasteiger partial charge in [0.25, 0.3) is 0 Å². The first-order valence-electron chi connectivity index (χ1n) is 6.53. The summed E-state index contributed by atoms with van der Waals surface area (Å²) in [5, 5.41) is 2.65. The number of hydrogen-bond donors (Lipinski definition) is 1. The third-order valence-electron chi connectivity index (χ3n) is 3.20. The van der Waals surface area contributed by atoms with Gasteiger partial charge in [0.1, 0.15) is 0 Å². The molecule has 0 bridgehead atoms. The zero-order chi connectivity index (χ0) is 14.5. The van der Waals surface area contributed by atoms with Crippen LogP contribution in [0, 0.1) is 0 Å². The zero-order valence-electron chi connectivity index (χ0n) is 11.5. The van der Waals surface area contributed by atoms with Crippen molar-refractivity contribution >= 4 is 23.1 Å². The van der Waals surface area contributed by atoms with Gasteiger partial charge in [0, 0.05) is 24.3 Å². The maximum absolute atomic E-state index is 11.8. The Morgan fingerprint density at radius 2 is 2.05 bits per heavy atom. The number of carbonyl (C=O) groups is 2. The Hall–Kier alpha value is -2.14. The van der Waals surface area contributed by atoms with E-state index in [4.69, 9.17) is 4.74 Å². The van der Waals surface area contributed by atoms with Crippen molar-refractivity contribution in [1.82, 2.24) is 0 Å². The maximum atomic E-state index is 11.8. The summed E-state index contributed by atoms with van der Waals surface area (Å²) >= 11 is 0. The molecule has 1 aliphatic heterocycles. The molecule has 106 valence electrons. The van der Waals surface area contributed by atoms with Gasteiger partial charge in [-0.3, -0.25) is 9.59 Å². The van der Waals surface area contributed by atoms with Crippen LogP contribution >= 0.6 is 0 Å².